The summed E-state index contributed by atoms with van der Waals surface area (Å²) >= 11 is 0. The van der Waals surface area contributed by atoms with Crippen LogP contribution in [0.3, 0.4) is 0 Å². The molecule has 0 amide bonds. The predicted octanol–water partition coefficient (Wildman–Crippen LogP) is 3.16. The Hall–Kier alpha value is -3.88. The van der Waals surface area contributed by atoms with Gasteiger partial charge in [-0.05, 0) is 31.2 Å². The van der Waals surface area contributed by atoms with Crippen molar-refractivity contribution in [1.29, 1.82) is 0 Å². The van der Waals surface area contributed by atoms with E-state index in [4.69, 9.17) is 4.74 Å². The lowest BCUT2D eigenvalue weighted by Gasteiger charge is -1.99. The molecule has 3 rings (SSSR count). The van der Waals surface area contributed by atoms with Crippen molar-refractivity contribution in [2.45, 2.75) is 6.92 Å². The molecule has 2 aromatic carbocycles. The second-order valence-electron chi connectivity index (χ2n) is 5.46. The largest absolute Gasteiger partial charge is 0.402 e. The molecule has 0 bridgehead atoms. The van der Waals surface area contributed by atoms with E-state index in [9.17, 15) is 25.0 Å². The minimum absolute atomic E-state index is 0.0155. The van der Waals surface area contributed by atoms with Crippen LogP contribution in [0.1, 0.15) is 16.7 Å². The summed E-state index contributed by atoms with van der Waals surface area (Å²) in [5.41, 5.74) is 0.514. The summed E-state index contributed by atoms with van der Waals surface area (Å²) in [4.78, 5) is 36.6. The number of nitro groups is 2. The van der Waals surface area contributed by atoms with E-state index < -0.39 is 27.2 Å². The number of benzene rings is 2. The zero-order chi connectivity index (χ0) is 18.8. The average Bonchev–Trinajstić information content (AvgIpc) is 2.95. The number of carbonyl (C=O) groups is 1. The van der Waals surface area contributed by atoms with E-state index in [1.165, 1.54) is 12.1 Å². The second-order valence-corrected chi connectivity index (χ2v) is 5.46. The first kappa shape index (κ1) is 17.0. The number of cyclic esters (lactones) is 1. The molecule has 1 aliphatic rings. The van der Waals surface area contributed by atoms with E-state index in [1.54, 1.807) is 18.2 Å². The lowest BCUT2D eigenvalue weighted by Crippen LogP contribution is -2.05. The molecule has 0 aliphatic carbocycles. The quantitative estimate of drug-likeness (QED) is 0.360. The van der Waals surface area contributed by atoms with Crippen LogP contribution in [-0.4, -0.2) is 21.7 Å². The molecule has 0 spiro atoms. The van der Waals surface area contributed by atoms with Crippen LogP contribution in [0, 0.1) is 27.2 Å². The molecule has 9 nitrogen and oxygen atoms in total. The summed E-state index contributed by atoms with van der Waals surface area (Å²) in [6, 6.07) is 10.3. The van der Waals surface area contributed by atoms with Crippen LogP contribution in [0.2, 0.25) is 0 Å². The molecule has 0 unspecified atom stereocenters. The van der Waals surface area contributed by atoms with Crippen LogP contribution in [-0.2, 0) is 9.53 Å². The SMILES string of the molecule is Cc1cccc(C2=N/C(=C/c3ccc([N+](=O)[O-])cc3[N+](=O)[O-])C(=O)O2)c1. The molecular weight excluding hydrogens is 342 g/mol. The average molecular weight is 353 g/mol. The fourth-order valence-electron chi connectivity index (χ4n) is 2.38. The molecule has 0 saturated carbocycles. The van der Waals surface area contributed by atoms with Crippen LogP contribution in [0.15, 0.2) is 53.2 Å². The van der Waals surface area contributed by atoms with Crippen LogP contribution in [0.5, 0.6) is 0 Å². The molecule has 26 heavy (non-hydrogen) atoms. The maximum Gasteiger partial charge on any atom is 0.363 e. The summed E-state index contributed by atoms with van der Waals surface area (Å²) in [5, 5.41) is 22.0. The Balaban J connectivity index is 2.03. The number of nitrogens with zero attached hydrogens (tertiary/aromatic N) is 3. The van der Waals surface area contributed by atoms with Crippen molar-refractivity contribution in [3.05, 3.63) is 85.1 Å². The third kappa shape index (κ3) is 3.31. The Morgan fingerprint density at radius 3 is 2.50 bits per heavy atom. The summed E-state index contributed by atoms with van der Waals surface area (Å²) in [5.74, 6) is -0.663. The van der Waals surface area contributed by atoms with Gasteiger partial charge in [-0.2, -0.15) is 0 Å². The van der Waals surface area contributed by atoms with Crippen molar-refractivity contribution in [3.63, 3.8) is 0 Å². The number of rotatable bonds is 4. The van der Waals surface area contributed by atoms with E-state index in [-0.39, 0.29) is 17.2 Å². The summed E-state index contributed by atoms with van der Waals surface area (Å²) in [7, 11) is 0. The number of esters is 1. The van der Waals surface area contributed by atoms with Crippen molar-refractivity contribution in [3.8, 4) is 0 Å². The number of aryl methyl sites for hydroxylation is 1. The predicted molar refractivity (Wildman–Crippen MR) is 91.5 cm³/mol. The van der Waals surface area contributed by atoms with Gasteiger partial charge in [0.1, 0.15) is 0 Å². The van der Waals surface area contributed by atoms with Crippen LogP contribution < -0.4 is 0 Å². The highest BCUT2D eigenvalue weighted by Gasteiger charge is 2.26. The molecule has 1 heterocycles. The highest BCUT2D eigenvalue weighted by Crippen LogP contribution is 2.28. The standard InChI is InChI=1S/C17H11N3O6/c1-10-3-2-4-12(7-10)16-18-14(17(21)26-16)8-11-5-6-13(19(22)23)9-15(11)20(24)25/h2-9H,1H3/b14-8+. The summed E-state index contributed by atoms with van der Waals surface area (Å²) in [6.07, 6.45) is 1.17. The minimum atomic E-state index is -0.759. The highest BCUT2D eigenvalue weighted by atomic mass is 16.6. The van der Waals surface area contributed by atoms with E-state index >= 15 is 0 Å². The lowest BCUT2D eigenvalue weighted by atomic mass is 10.1. The number of carbonyl (C=O) groups excluding carboxylic acids is 1. The van der Waals surface area contributed by atoms with Gasteiger partial charge in [0.2, 0.25) is 5.90 Å². The maximum absolute atomic E-state index is 12.0. The van der Waals surface area contributed by atoms with Gasteiger partial charge >= 0.3 is 5.97 Å². The van der Waals surface area contributed by atoms with Gasteiger partial charge in [-0.25, -0.2) is 9.79 Å². The topological polar surface area (TPSA) is 125 Å². The Labute approximate surface area is 146 Å². The Morgan fingerprint density at radius 2 is 1.85 bits per heavy atom. The number of hydrogen-bond donors (Lipinski definition) is 0. The molecule has 0 aromatic heterocycles. The van der Waals surface area contributed by atoms with Gasteiger partial charge in [0, 0.05) is 11.6 Å². The number of non-ortho nitro benzene ring substituents is 1. The summed E-state index contributed by atoms with van der Waals surface area (Å²) in [6.45, 7) is 1.87. The molecule has 1 aliphatic heterocycles. The maximum atomic E-state index is 12.0. The number of nitro benzene ring substituents is 2. The molecule has 130 valence electrons. The second kappa shape index (κ2) is 6.55. The van der Waals surface area contributed by atoms with Gasteiger partial charge in [0.25, 0.3) is 11.4 Å². The normalized spacial score (nSPS) is 14.9. The van der Waals surface area contributed by atoms with E-state index in [0.717, 1.165) is 17.7 Å². The van der Waals surface area contributed by atoms with Crippen LogP contribution >= 0.6 is 0 Å². The number of hydrogen-bond acceptors (Lipinski definition) is 7. The zero-order valence-electron chi connectivity index (χ0n) is 13.4. The lowest BCUT2D eigenvalue weighted by molar-refractivity contribution is -0.394. The van der Waals surface area contributed by atoms with Crippen molar-refractivity contribution in [1.82, 2.24) is 0 Å². The van der Waals surface area contributed by atoms with E-state index in [2.05, 4.69) is 4.99 Å². The zero-order valence-corrected chi connectivity index (χ0v) is 13.4. The summed E-state index contributed by atoms with van der Waals surface area (Å²) < 4.78 is 5.11. The first-order valence-electron chi connectivity index (χ1n) is 7.37. The van der Waals surface area contributed by atoms with Crippen molar-refractivity contribution >= 4 is 29.3 Å². The number of aliphatic imine (C=N–C) groups is 1. The molecule has 0 saturated heterocycles. The van der Waals surface area contributed by atoms with Gasteiger partial charge in [-0.15, -0.1) is 0 Å². The smallest absolute Gasteiger partial charge is 0.363 e. The van der Waals surface area contributed by atoms with Gasteiger partial charge in [-0.1, -0.05) is 17.7 Å². The Kier molecular flexibility index (Phi) is 4.27. The van der Waals surface area contributed by atoms with Crippen molar-refractivity contribution < 1.29 is 19.4 Å². The minimum Gasteiger partial charge on any atom is -0.402 e. The molecule has 0 atom stereocenters. The highest BCUT2D eigenvalue weighted by molar-refractivity contribution is 6.13. The molecule has 0 fully saturated rings. The van der Waals surface area contributed by atoms with Crippen LogP contribution in [0.25, 0.3) is 6.08 Å². The Bertz CT molecular complexity index is 1010. The third-order valence-electron chi connectivity index (χ3n) is 3.60. The fraction of sp³-hybridized carbons (Fsp3) is 0.0588. The van der Waals surface area contributed by atoms with Crippen LogP contribution in [0.4, 0.5) is 11.4 Å². The molecule has 9 heteroatoms. The molecule has 2 aromatic rings. The van der Waals surface area contributed by atoms with Gasteiger partial charge < -0.3 is 4.74 Å². The van der Waals surface area contributed by atoms with Gasteiger partial charge in [0.15, 0.2) is 5.70 Å². The Morgan fingerprint density at radius 1 is 1.08 bits per heavy atom. The third-order valence-corrected chi connectivity index (χ3v) is 3.60. The van der Waals surface area contributed by atoms with Crippen molar-refractivity contribution in [2.75, 3.05) is 0 Å². The van der Waals surface area contributed by atoms with E-state index in [1.807, 2.05) is 13.0 Å². The van der Waals surface area contributed by atoms with E-state index in [0.29, 0.717) is 5.56 Å². The van der Waals surface area contributed by atoms with Gasteiger partial charge in [-0.3, -0.25) is 20.2 Å². The first-order chi connectivity index (χ1) is 12.3. The fourth-order valence-corrected chi connectivity index (χ4v) is 2.38. The van der Waals surface area contributed by atoms with Gasteiger partial charge in [0.05, 0.1) is 21.5 Å². The van der Waals surface area contributed by atoms with Crippen molar-refractivity contribution in [2.24, 2.45) is 4.99 Å². The number of ether oxygens (including phenoxy) is 1. The molecule has 0 N–H and O–H groups in total. The molecule has 0 radical (unpaired) electrons. The first-order valence-corrected chi connectivity index (χ1v) is 7.37. The monoisotopic (exact) mass is 353 g/mol. The molecular formula is C17H11N3O6.